The minimum absolute atomic E-state index is 0.0701. The normalized spacial score (nSPS) is 13.3. The third kappa shape index (κ3) is 4.84. The maximum absolute atomic E-state index is 12.6. The Bertz CT molecular complexity index is 996. The second kappa shape index (κ2) is 8.92. The van der Waals surface area contributed by atoms with Crippen molar-refractivity contribution in [2.45, 2.75) is 30.5 Å². The van der Waals surface area contributed by atoms with E-state index in [1.807, 2.05) is 56.2 Å². The predicted molar refractivity (Wildman–Crippen MR) is 121 cm³/mol. The summed E-state index contributed by atoms with van der Waals surface area (Å²) in [6, 6.07) is 18.4. The summed E-state index contributed by atoms with van der Waals surface area (Å²) in [6.45, 7) is 0.590. The number of benzene rings is 2. The Morgan fingerprint density at radius 2 is 1.77 bits per heavy atom. The number of hydrogen-bond donors (Lipinski definition) is 0. The van der Waals surface area contributed by atoms with Crippen molar-refractivity contribution >= 4 is 23.4 Å². The van der Waals surface area contributed by atoms with Crippen molar-refractivity contribution in [1.29, 1.82) is 0 Å². The van der Waals surface area contributed by atoms with Crippen LogP contribution in [0, 0.1) is 0 Å². The van der Waals surface area contributed by atoms with Gasteiger partial charge in [0.25, 0.3) is 0 Å². The van der Waals surface area contributed by atoms with Gasteiger partial charge < -0.3 is 9.80 Å². The first kappa shape index (κ1) is 20.5. The van der Waals surface area contributed by atoms with Crippen LogP contribution in [0.1, 0.15) is 30.1 Å². The van der Waals surface area contributed by atoms with E-state index in [1.54, 1.807) is 4.90 Å². The van der Waals surface area contributed by atoms with Crippen LogP contribution in [0.4, 0.5) is 5.69 Å². The summed E-state index contributed by atoms with van der Waals surface area (Å²) in [6.07, 6.45) is 2.31. The van der Waals surface area contributed by atoms with Gasteiger partial charge in [-0.2, -0.15) is 0 Å². The highest BCUT2D eigenvalue weighted by Crippen LogP contribution is 2.40. The molecule has 1 heterocycles. The molecule has 0 saturated heterocycles. The van der Waals surface area contributed by atoms with Crippen LogP contribution in [0.5, 0.6) is 0 Å². The smallest absolute Gasteiger partial charge is 0.233 e. The van der Waals surface area contributed by atoms with Gasteiger partial charge in [0.1, 0.15) is 5.82 Å². The summed E-state index contributed by atoms with van der Waals surface area (Å²) in [5.41, 5.74) is 3.28. The van der Waals surface area contributed by atoms with Gasteiger partial charge in [0, 0.05) is 39.3 Å². The molecule has 0 aliphatic heterocycles. The van der Waals surface area contributed by atoms with Crippen LogP contribution in [-0.4, -0.2) is 52.5 Å². The molecule has 4 rings (SSSR count). The fourth-order valence-electron chi connectivity index (χ4n) is 3.23. The molecule has 0 spiro atoms. The number of carbonyl (C=O) groups is 1. The summed E-state index contributed by atoms with van der Waals surface area (Å²) in [5, 5.41) is 5.34. The first-order valence-corrected chi connectivity index (χ1v) is 11.1. The SMILES string of the molecule is CN(Cc1ccc(N(C)C)cc1)C(=O)CSc1nc(C2CC2)n(-c2ccccc2)n1. The zero-order valence-electron chi connectivity index (χ0n) is 17.7. The first-order valence-electron chi connectivity index (χ1n) is 10.2. The van der Waals surface area contributed by atoms with E-state index in [0.717, 1.165) is 35.6 Å². The Morgan fingerprint density at radius 1 is 1.07 bits per heavy atom. The van der Waals surface area contributed by atoms with Crippen molar-refractivity contribution in [3.05, 3.63) is 66.0 Å². The number of anilines is 1. The van der Waals surface area contributed by atoms with E-state index in [-0.39, 0.29) is 5.91 Å². The number of amides is 1. The summed E-state index contributed by atoms with van der Waals surface area (Å²) in [4.78, 5) is 21.2. The standard InChI is InChI=1S/C23H27N5OS/c1-26(2)19-13-9-17(10-14-19)15-27(3)21(29)16-30-23-24-22(18-11-12-18)28(25-23)20-7-5-4-6-8-20/h4-10,13-14,18H,11-12,15-16H2,1-3H3. The molecule has 0 atom stereocenters. The van der Waals surface area contributed by atoms with E-state index in [4.69, 9.17) is 4.98 Å². The summed E-state index contributed by atoms with van der Waals surface area (Å²) in [7, 11) is 5.88. The molecule has 1 saturated carbocycles. The lowest BCUT2D eigenvalue weighted by Crippen LogP contribution is -2.27. The average molecular weight is 422 g/mol. The van der Waals surface area contributed by atoms with Crippen molar-refractivity contribution in [1.82, 2.24) is 19.7 Å². The van der Waals surface area contributed by atoms with Crippen LogP contribution in [0.15, 0.2) is 59.8 Å². The molecule has 156 valence electrons. The Kier molecular flexibility index (Phi) is 6.08. The second-order valence-electron chi connectivity index (χ2n) is 7.87. The molecule has 0 N–H and O–H groups in total. The van der Waals surface area contributed by atoms with Gasteiger partial charge in [-0.1, -0.05) is 42.1 Å². The van der Waals surface area contributed by atoms with Crippen LogP contribution in [0.25, 0.3) is 5.69 Å². The maximum atomic E-state index is 12.6. The molecule has 1 aliphatic carbocycles. The van der Waals surface area contributed by atoms with Crippen LogP contribution < -0.4 is 4.90 Å². The molecule has 6 nitrogen and oxygen atoms in total. The van der Waals surface area contributed by atoms with Gasteiger partial charge in [-0.3, -0.25) is 4.79 Å². The van der Waals surface area contributed by atoms with Gasteiger partial charge in [-0.25, -0.2) is 9.67 Å². The maximum Gasteiger partial charge on any atom is 0.233 e. The Hall–Kier alpha value is -2.80. The van der Waals surface area contributed by atoms with E-state index in [1.165, 1.54) is 11.8 Å². The molecule has 2 aromatic carbocycles. The quantitative estimate of drug-likeness (QED) is 0.515. The van der Waals surface area contributed by atoms with Crippen LogP contribution in [0.2, 0.25) is 0 Å². The number of nitrogens with zero attached hydrogens (tertiary/aromatic N) is 5. The number of aromatic nitrogens is 3. The zero-order valence-corrected chi connectivity index (χ0v) is 18.5. The van der Waals surface area contributed by atoms with E-state index in [9.17, 15) is 4.79 Å². The second-order valence-corrected chi connectivity index (χ2v) is 8.82. The van der Waals surface area contributed by atoms with Crippen molar-refractivity contribution in [2.75, 3.05) is 31.8 Å². The van der Waals surface area contributed by atoms with Crippen molar-refractivity contribution < 1.29 is 4.79 Å². The summed E-state index contributed by atoms with van der Waals surface area (Å²) in [5.74, 6) is 1.89. The number of para-hydroxylation sites is 1. The molecule has 30 heavy (non-hydrogen) atoms. The molecule has 0 unspecified atom stereocenters. The highest BCUT2D eigenvalue weighted by atomic mass is 32.2. The van der Waals surface area contributed by atoms with E-state index >= 15 is 0 Å². The Balaban J connectivity index is 1.37. The molecule has 1 aromatic heterocycles. The largest absolute Gasteiger partial charge is 0.378 e. The molecule has 0 radical (unpaired) electrons. The molecular weight excluding hydrogens is 394 g/mol. The molecule has 3 aromatic rings. The highest BCUT2D eigenvalue weighted by molar-refractivity contribution is 7.99. The Morgan fingerprint density at radius 3 is 2.40 bits per heavy atom. The van der Waals surface area contributed by atoms with Crippen molar-refractivity contribution in [3.63, 3.8) is 0 Å². The van der Waals surface area contributed by atoms with Crippen LogP contribution >= 0.6 is 11.8 Å². The van der Waals surface area contributed by atoms with Crippen molar-refractivity contribution in [2.24, 2.45) is 0 Å². The fourth-order valence-corrected chi connectivity index (χ4v) is 4.00. The number of rotatable bonds is 8. The van der Waals surface area contributed by atoms with Gasteiger partial charge in [0.05, 0.1) is 11.4 Å². The number of hydrogen-bond acceptors (Lipinski definition) is 5. The van der Waals surface area contributed by atoms with E-state index in [2.05, 4.69) is 34.3 Å². The third-order valence-electron chi connectivity index (χ3n) is 5.18. The average Bonchev–Trinajstić information content (AvgIpc) is 3.52. The van der Waals surface area contributed by atoms with Gasteiger partial charge in [-0.15, -0.1) is 5.10 Å². The van der Waals surface area contributed by atoms with Gasteiger partial charge in [-0.05, 0) is 42.7 Å². The van der Waals surface area contributed by atoms with E-state index in [0.29, 0.717) is 23.4 Å². The third-order valence-corrected chi connectivity index (χ3v) is 6.00. The predicted octanol–water partition coefficient (Wildman–Crippen LogP) is 3.96. The van der Waals surface area contributed by atoms with Gasteiger partial charge in [0.15, 0.2) is 0 Å². The molecule has 1 amide bonds. The topological polar surface area (TPSA) is 54.3 Å². The molecule has 1 fully saturated rings. The Labute approximate surface area is 181 Å². The lowest BCUT2D eigenvalue weighted by molar-refractivity contribution is -0.127. The minimum Gasteiger partial charge on any atom is -0.378 e. The van der Waals surface area contributed by atoms with Gasteiger partial charge in [0.2, 0.25) is 11.1 Å². The summed E-state index contributed by atoms with van der Waals surface area (Å²) < 4.78 is 1.93. The summed E-state index contributed by atoms with van der Waals surface area (Å²) >= 11 is 1.41. The zero-order chi connectivity index (χ0) is 21.1. The van der Waals surface area contributed by atoms with Crippen LogP contribution in [0.3, 0.4) is 0 Å². The molecule has 0 bridgehead atoms. The van der Waals surface area contributed by atoms with Crippen molar-refractivity contribution in [3.8, 4) is 5.69 Å². The minimum atomic E-state index is 0.0701. The fraction of sp³-hybridized carbons (Fsp3) is 0.348. The first-order chi connectivity index (χ1) is 14.5. The highest BCUT2D eigenvalue weighted by Gasteiger charge is 2.30. The molecular formula is C23H27N5OS. The van der Waals surface area contributed by atoms with E-state index < -0.39 is 0 Å². The lowest BCUT2D eigenvalue weighted by Gasteiger charge is -2.18. The van der Waals surface area contributed by atoms with Gasteiger partial charge >= 0.3 is 0 Å². The monoisotopic (exact) mass is 421 g/mol. The molecule has 1 aliphatic rings. The number of thioether (sulfide) groups is 1. The number of carbonyl (C=O) groups excluding carboxylic acids is 1. The van der Waals surface area contributed by atoms with Crippen LogP contribution in [-0.2, 0) is 11.3 Å². The molecule has 7 heteroatoms. The lowest BCUT2D eigenvalue weighted by atomic mass is 10.2.